The molecule has 1 amide bonds. The van der Waals surface area contributed by atoms with Crippen LogP contribution in [0.5, 0.6) is 0 Å². The molecule has 1 aromatic rings. The van der Waals surface area contributed by atoms with Gasteiger partial charge in [-0.1, -0.05) is 32.4 Å². The van der Waals surface area contributed by atoms with Crippen LogP contribution < -0.4 is 10.0 Å². The summed E-state index contributed by atoms with van der Waals surface area (Å²) in [5.41, 5.74) is -0.883. The lowest BCUT2D eigenvalue weighted by Gasteiger charge is -2.28. The summed E-state index contributed by atoms with van der Waals surface area (Å²) in [7, 11) is -3.66. The number of nitrogens with one attached hydrogen (secondary N) is 2. The maximum atomic E-state index is 13.2. The van der Waals surface area contributed by atoms with Gasteiger partial charge in [0.25, 0.3) is 5.91 Å². The lowest BCUT2D eigenvalue weighted by Crippen LogP contribution is -2.47. The summed E-state index contributed by atoms with van der Waals surface area (Å²) in [6.45, 7) is 4.90. The van der Waals surface area contributed by atoms with Crippen LogP contribution >= 0.6 is 11.6 Å². The van der Waals surface area contributed by atoms with Crippen molar-refractivity contribution < 1.29 is 26.4 Å². The summed E-state index contributed by atoms with van der Waals surface area (Å²) in [5, 5.41) is 1.97. The third-order valence-electron chi connectivity index (χ3n) is 3.04. The highest BCUT2D eigenvalue weighted by Crippen LogP contribution is 2.31. The molecule has 0 aliphatic carbocycles. The van der Waals surface area contributed by atoms with Crippen LogP contribution in [0.1, 0.15) is 37.6 Å². The van der Waals surface area contributed by atoms with E-state index in [4.69, 9.17) is 11.6 Å². The Labute approximate surface area is 150 Å². The van der Waals surface area contributed by atoms with Crippen LogP contribution in [0.25, 0.3) is 0 Å². The Morgan fingerprint density at radius 2 is 1.80 bits per heavy atom. The molecule has 1 atom stereocenters. The van der Waals surface area contributed by atoms with Gasteiger partial charge in [-0.3, -0.25) is 9.52 Å². The molecular formula is C15H20ClF3N2O3S. The van der Waals surface area contributed by atoms with Crippen molar-refractivity contribution in [3.63, 3.8) is 0 Å². The first-order valence-corrected chi connectivity index (χ1v) is 9.50. The Morgan fingerprint density at radius 3 is 2.24 bits per heavy atom. The highest BCUT2D eigenvalue weighted by Gasteiger charge is 2.42. The van der Waals surface area contributed by atoms with Crippen molar-refractivity contribution in [1.29, 1.82) is 0 Å². The molecule has 25 heavy (non-hydrogen) atoms. The molecule has 0 aliphatic heterocycles. The van der Waals surface area contributed by atoms with Crippen molar-refractivity contribution in [2.75, 3.05) is 11.0 Å². The number of alkyl halides is 3. The Morgan fingerprint density at radius 1 is 1.24 bits per heavy atom. The molecule has 2 N–H and O–H groups in total. The maximum absolute atomic E-state index is 13.2. The van der Waals surface area contributed by atoms with Crippen molar-refractivity contribution >= 4 is 33.2 Å². The van der Waals surface area contributed by atoms with Crippen molar-refractivity contribution in [2.45, 2.75) is 39.4 Å². The minimum atomic E-state index is -4.61. The van der Waals surface area contributed by atoms with E-state index in [1.54, 1.807) is 20.8 Å². The van der Waals surface area contributed by atoms with Gasteiger partial charge in [0, 0.05) is 5.56 Å². The predicted molar refractivity (Wildman–Crippen MR) is 91.3 cm³/mol. The molecule has 0 aromatic heterocycles. The standard InChI is InChI=1S/C15H20ClF3N2O3S/c1-14(2,3)8-12(15(17,18)19)20-13(22)9-5-6-10(16)11(7-9)21-25(4,23)24/h5-7,12,21H,8H2,1-4H3,(H,20,22)/t12-/m1/s1. The highest BCUT2D eigenvalue weighted by atomic mass is 35.5. The SMILES string of the molecule is CC(C)(C)C[C@@H](NC(=O)c1ccc(Cl)c(NS(C)(=O)=O)c1)C(F)(F)F. The first-order valence-electron chi connectivity index (χ1n) is 7.23. The van der Waals surface area contributed by atoms with E-state index in [0.717, 1.165) is 12.3 Å². The second-order valence-electron chi connectivity index (χ2n) is 6.90. The Hall–Kier alpha value is -1.48. The van der Waals surface area contributed by atoms with Crippen molar-refractivity contribution in [2.24, 2.45) is 5.41 Å². The van der Waals surface area contributed by atoms with Gasteiger partial charge in [0.1, 0.15) is 6.04 Å². The van der Waals surface area contributed by atoms with E-state index in [2.05, 4.69) is 4.72 Å². The fraction of sp³-hybridized carbons (Fsp3) is 0.533. The Balaban J connectivity index is 3.07. The average Bonchev–Trinajstić information content (AvgIpc) is 2.36. The molecular weight excluding hydrogens is 381 g/mol. The summed E-state index contributed by atoms with van der Waals surface area (Å²) < 4.78 is 64.2. The van der Waals surface area contributed by atoms with Crippen LogP contribution in [0.4, 0.5) is 18.9 Å². The van der Waals surface area contributed by atoms with Gasteiger partial charge in [0.05, 0.1) is 17.0 Å². The van der Waals surface area contributed by atoms with Gasteiger partial charge in [-0.05, 0) is 30.0 Å². The second kappa shape index (κ2) is 7.41. The van der Waals surface area contributed by atoms with Gasteiger partial charge < -0.3 is 5.32 Å². The normalized spacial score (nSPS) is 14.1. The minimum Gasteiger partial charge on any atom is -0.340 e. The predicted octanol–water partition coefficient (Wildman–Crippen LogP) is 3.81. The van der Waals surface area contributed by atoms with Crippen LogP contribution in [0.3, 0.4) is 0 Å². The number of hydrogen-bond donors (Lipinski definition) is 2. The lowest BCUT2D eigenvalue weighted by atomic mass is 9.87. The van der Waals surface area contributed by atoms with E-state index in [9.17, 15) is 26.4 Å². The smallest absolute Gasteiger partial charge is 0.340 e. The zero-order chi connectivity index (χ0) is 19.6. The number of halogens is 4. The van der Waals surface area contributed by atoms with Gasteiger partial charge >= 0.3 is 6.18 Å². The summed E-state index contributed by atoms with van der Waals surface area (Å²) in [5.74, 6) is -0.972. The largest absolute Gasteiger partial charge is 0.408 e. The molecule has 1 rings (SSSR count). The molecule has 0 fully saturated rings. The third kappa shape index (κ3) is 7.52. The summed E-state index contributed by atoms with van der Waals surface area (Å²) in [6, 6.07) is 1.51. The molecule has 10 heteroatoms. The number of carbonyl (C=O) groups excluding carboxylic acids is 1. The van der Waals surface area contributed by atoms with Crippen LogP contribution in [0, 0.1) is 5.41 Å². The van der Waals surface area contributed by atoms with E-state index in [1.165, 1.54) is 12.1 Å². The monoisotopic (exact) mass is 400 g/mol. The average molecular weight is 401 g/mol. The Kier molecular flexibility index (Phi) is 6.39. The molecule has 1 aromatic carbocycles. The maximum Gasteiger partial charge on any atom is 0.408 e. The zero-order valence-corrected chi connectivity index (χ0v) is 15.7. The molecule has 0 unspecified atom stereocenters. The quantitative estimate of drug-likeness (QED) is 0.789. The van der Waals surface area contributed by atoms with E-state index in [1.807, 2.05) is 5.32 Å². The second-order valence-corrected chi connectivity index (χ2v) is 9.06. The van der Waals surface area contributed by atoms with E-state index >= 15 is 0 Å². The summed E-state index contributed by atoms with van der Waals surface area (Å²) in [6.07, 6.45) is -4.02. The molecule has 5 nitrogen and oxygen atoms in total. The van der Waals surface area contributed by atoms with Crippen molar-refractivity contribution in [3.8, 4) is 0 Å². The van der Waals surface area contributed by atoms with E-state index in [-0.39, 0.29) is 22.7 Å². The number of rotatable bonds is 5. The number of hydrogen-bond acceptors (Lipinski definition) is 3. The van der Waals surface area contributed by atoms with Gasteiger partial charge in [-0.2, -0.15) is 13.2 Å². The van der Waals surface area contributed by atoms with E-state index < -0.39 is 33.6 Å². The molecule has 142 valence electrons. The van der Waals surface area contributed by atoms with Crippen LogP contribution in [0.15, 0.2) is 18.2 Å². The minimum absolute atomic E-state index is 0.0176. The number of anilines is 1. The van der Waals surface area contributed by atoms with Gasteiger partial charge in [-0.15, -0.1) is 0 Å². The highest BCUT2D eigenvalue weighted by molar-refractivity contribution is 7.92. The summed E-state index contributed by atoms with van der Waals surface area (Å²) in [4.78, 5) is 12.2. The molecule has 0 aliphatic rings. The summed E-state index contributed by atoms with van der Waals surface area (Å²) >= 11 is 5.83. The molecule has 0 heterocycles. The number of benzene rings is 1. The number of carbonyl (C=O) groups is 1. The van der Waals surface area contributed by atoms with Gasteiger partial charge in [0.15, 0.2) is 0 Å². The first kappa shape index (κ1) is 21.6. The van der Waals surface area contributed by atoms with Crippen LogP contribution in [-0.4, -0.2) is 32.8 Å². The van der Waals surface area contributed by atoms with Crippen LogP contribution in [0.2, 0.25) is 5.02 Å². The third-order valence-corrected chi connectivity index (χ3v) is 3.96. The molecule has 0 spiro atoms. The van der Waals surface area contributed by atoms with E-state index in [0.29, 0.717) is 0 Å². The number of amides is 1. The molecule has 0 saturated heterocycles. The van der Waals surface area contributed by atoms with Crippen LogP contribution in [-0.2, 0) is 10.0 Å². The fourth-order valence-electron chi connectivity index (χ4n) is 2.05. The topological polar surface area (TPSA) is 75.3 Å². The zero-order valence-electron chi connectivity index (χ0n) is 14.2. The number of sulfonamides is 1. The van der Waals surface area contributed by atoms with Gasteiger partial charge in [0.2, 0.25) is 10.0 Å². The van der Waals surface area contributed by atoms with Gasteiger partial charge in [-0.25, -0.2) is 8.42 Å². The molecule has 0 bridgehead atoms. The lowest BCUT2D eigenvalue weighted by molar-refractivity contribution is -0.159. The Bertz CT molecular complexity index is 743. The molecule has 0 radical (unpaired) electrons. The molecule has 0 saturated carbocycles. The van der Waals surface area contributed by atoms with Crippen molar-refractivity contribution in [3.05, 3.63) is 28.8 Å². The first-order chi connectivity index (χ1) is 11.1. The fourth-order valence-corrected chi connectivity index (χ4v) is 2.84. The van der Waals surface area contributed by atoms with Crippen molar-refractivity contribution in [1.82, 2.24) is 5.32 Å².